The van der Waals surface area contributed by atoms with Crippen molar-refractivity contribution in [2.75, 3.05) is 24.5 Å². The molecule has 4 heterocycles. The fourth-order valence-electron chi connectivity index (χ4n) is 3.27. The predicted molar refractivity (Wildman–Crippen MR) is 117 cm³/mol. The van der Waals surface area contributed by atoms with Gasteiger partial charge in [0.15, 0.2) is 0 Å². The second-order valence-corrected chi connectivity index (χ2v) is 6.70. The standard InChI is InChI=1S/C20H22N10O/c1-4-29(5-2)17-7-6-14(13(3)24-17)25-18-15(10-22-12-31)28-30-19(26-27-20(18)30)16-11-21-8-9-23-16/h6-9,11-12H,4-5,10H2,1-3H3,(H,22,31). The Labute approximate surface area is 179 Å². The monoisotopic (exact) mass is 418 g/mol. The van der Waals surface area contributed by atoms with Crippen molar-refractivity contribution in [2.45, 2.75) is 20.8 Å². The number of amides is 1. The number of nitrogens with zero attached hydrogens (tertiary/aromatic N) is 9. The molecule has 1 aliphatic rings. The van der Waals surface area contributed by atoms with Crippen LogP contribution in [0, 0.1) is 6.92 Å². The summed E-state index contributed by atoms with van der Waals surface area (Å²) in [6, 6.07) is 3.88. The first-order chi connectivity index (χ1) is 15.2. The summed E-state index contributed by atoms with van der Waals surface area (Å²) in [6.45, 7) is 8.06. The van der Waals surface area contributed by atoms with Crippen molar-refractivity contribution in [3.05, 3.63) is 42.2 Å². The Bertz CT molecular complexity index is 1150. The van der Waals surface area contributed by atoms with E-state index in [0.717, 1.165) is 24.6 Å². The number of hydrogen-bond donors (Lipinski definition) is 1. The van der Waals surface area contributed by atoms with Crippen LogP contribution in [0.2, 0.25) is 0 Å². The first-order valence-electron chi connectivity index (χ1n) is 9.95. The summed E-state index contributed by atoms with van der Waals surface area (Å²) in [6.07, 6.45) is 5.37. The maximum absolute atomic E-state index is 10.9. The van der Waals surface area contributed by atoms with Gasteiger partial charge in [-0.2, -0.15) is 9.78 Å². The number of rotatable bonds is 8. The molecule has 0 bridgehead atoms. The Morgan fingerprint density at radius 1 is 1.16 bits per heavy atom. The SMILES string of the molecule is CCN(CC)c1ccc(N=C2C(CNC=O)=Nn3c2nnc3-c2cnccn2)c(C)n1. The van der Waals surface area contributed by atoms with E-state index >= 15 is 0 Å². The molecule has 158 valence electrons. The minimum absolute atomic E-state index is 0.204. The second-order valence-electron chi connectivity index (χ2n) is 6.70. The van der Waals surface area contributed by atoms with Crippen LogP contribution < -0.4 is 10.2 Å². The van der Waals surface area contributed by atoms with E-state index in [-0.39, 0.29) is 6.54 Å². The average molecular weight is 418 g/mol. The molecule has 1 amide bonds. The summed E-state index contributed by atoms with van der Waals surface area (Å²) >= 11 is 0. The molecular formula is C20H22N10O. The number of aromatic nitrogens is 6. The van der Waals surface area contributed by atoms with Crippen LogP contribution in [-0.4, -0.2) is 67.3 Å². The Kier molecular flexibility index (Phi) is 5.74. The normalized spacial score (nSPS) is 13.8. The van der Waals surface area contributed by atoms with E-state index in [1.807, 2.05) is 19.1 Å². The number of fused-ring (bicyclic) bond motifs is 1. The molecule has 1 aliphatic heterocycles. The molecule has 0 aliphatic carbocycles. The van der Waals surface area contributed by atoms with Crippen molar-refractivity contribution < 1.29 is 4.79 Å². The first-order valence-corrected chi connectivity index (χ1v) is 9.95. The maximum atomic E-state index is 10.9. The van der Waals surface area contributed by atoms with Crippen LogP contribution in [0.5, 0.6) is 0 Å². The highest BCUT2D eigenvalue weighted by molar-refractivity contribution is 6.50. The third-order valence-electron chi connectivity index (χ3n) is 4.85. The number of carbonyl (C=O) groups excluding carboxylic acids is 1. The van der Waals surface area contributed by atoms with Crippen molar-refractivity contribution >= 4 is 29.3 Å². The molecule has 0 radical (unpaired) electrons. The van der Waals surface area contributed by atoms with E-state index in [9.17, 15) is 4.79 Å². The van der Waals surface area contributed by atoms with Crippen LogP contribution in [-0.2, 0) is 4.79 Å². The van der Waals surface area contributed by atoms with E-state index in [1.165, 1.54) is 0 Å². The fraction of sp³-hybridized carbons (Fsp3) is 0.300. The summed E-state index contributed by atoms with van der Waals surface area (Å²) < 4.78 is 1.57. The molecule has 3 aromatic rings. The largest absolute Gasteiger partial charge is 0.357 e. The van der Waals surface area contributed by atoms with Crippen LogP contribution >= 0.6 is 0 Å². The summed E-state index contributed by atoms with van der Waals surface area (Å²) in [4.78, 5) is 30.9. The van der Waals surface area contributed by atoms with Gasteiger partial charge in [-0.25, -0.2) is 15.0 Å². The number of aliphatic imine (C=N–C) groups is 1. The lowest BCUT2D eigenvalue weighted by Crippen LogP contribution is -2.26. The molecule has 1 N–H and O–H groups in total. The summed E-state index contributed by atoms with van der Waals surface area (Å²) in [7, 11) is 0. The highest BCUT2D eigenvalue weighted by Crippen LogP contribution is 2.25. The topological polar surface area (TPSA) is 126 Å². The van der Waals surface area contributed by atoms with Gasteiger partial charge < -0.3 is 10.2 Å². The fourth-order valence-corrected chi connectivity index (χ4v) is 3.27. The lowest BCUT2D eigenvalue weighted by atomic mass is 10.2. The minimum Gasteiger partial charge on any atom is -0.357 e. The van der Waals surface area contributed by atoms with E-state index in [0.29, 0.717) is 40.9 Å². The molecule has 0 atom stereocenters. The number of aryl methyl sites for hydroxylation is 1. The number of nitrogens with one attached hydrogen (secondary N) is 1. The second kappa shape index (κ2) is 8.78. The molecule has 11 heteroatoms. The molecule has 0 fully saturated rings. The molecule has 3 aromatic heterocycles. The number of carbonyl (C=O) groups is 1. The molecule has 31 heavy (non-hydrogen) atoms. The van der Waals surface area contributed by atoms with Crippen LogP contribution in [0.1, 0.15) is 25.4 Å². The first kappa shape index (κ1) is 20.3. The Morgan fingerprint density at radius 2 is 1.97 bits per heavy atom. The van der Waals surface area contributed by atoms with E-state index < -0.39 is 0 Å². The lowest BCUT2D eigenvalue weighted by Gasteiger charge is -2.20. The number of pyridine rings is 1. The number of anilines is 1. The highest BCUT2D eigenvalue weighted by Gasteiger charge is 2.29. The molecule has 0 spiro atoms. The van der Waals surface area contributed by atoms with Gasteiger partial charge in [-0.1, -0.05) is 0 Å². The van der Waals surface area contributed by atoms with Gasteiger partial charge >= 0.3 is 0 Å². The summed E-state index contributed by atoms with van der Waals surface area (Å²) in [5, 5.41) is 15.7. The van der Waals surface area contributed by atoms with Gasteiger partial charge in [-0.3, -0.25) is 9.78 Å². The molecule has 0 aromatic carbocycles. The third kappa shape index (κ3) is 3.89. The molecule has 0 saturated heterocycles. The zero-order chi connectivity index (χ0) is 21.8. The maximum Gasteiger partial charge on any atom is 0.207 e. The zero-order valence-electron chi connectivity index (χ0n) is 17.5. The van der Waals surface area contributed by atoms with E-state index in [2.05, 4.69) is 49.3 Å². The van der Waals surface area contributed by atoms with E-state index in [4.69, 9.17) is 9.98 Å². The van der Waals surface area contributed by atoms with Crippen molar-refractivity contribution in [2.24, 2.45) is 10.1 Å². The molecule has 0 saturated carbocycles. The van der Waals surface area contributed by atoms with Gasteiger partial charge in [0.05, 0.1) is 24.1 Å². The molecule has 11 nitrogen and oxygen atoms in total. The molecule has 0 unspecified atom stereocenters. The Hall–Kier alpha value is -4.02. The molecule has 4 rings (SSSR count). The minimum atomic E-state index is 0.204. The number of hydrogen-bond acceptors (Lipinski definition) is 9. The Morgan fingerprint density at radius 3 is 2.65 bits per heavy atom. The zero-order valence-corrected chi connectivity index (χ0v) is 17.5. The van der Waals surface area contributed by atoms with Crippen molar-refractivity contribution in [1.29, 1.82) is 0 Å². The summed E-state index contributed by atoms with van der Waals surface area (Å²) in [5.74, 6) is 1.82. The molecular weight excluding hydrogens is 396 g/mol. The smallest absolute Gasteiger partial charge is 0.207 e. The van der Waals surface area contributed by atoms with Gasteiger partial charge in [0.2, 0.25) is 18.1 Å². The van der Waals surface area contributed by atoms with Gasteiger partial charge in [-0.15, -0.1) is 10.2 Å². The van der Waals surface area contributed by atoms with Crippen molar-refractivity contribution in [3.8, 4) is 11.5 Å². The van der Waals surface area contributed by atoms with E-state index in [1.54, 1.807) is 23.3 Å². The lowest BCUT2D eigenvalue weighted by molar-refractivity contribution is -0.109. The quantitative estimate of drug-likeness (QED) is 0.547. The van der Waals surface area contributed by atoms with Gasteiger partial charge in [0.25, 0.3) is 0 Å². The van der Waals surface area contributed by atoms with Crippen LogP contribution in [0.15, 0.2) is 40.8 Å². The van der Waals surface area contributed by atoms with Crippen LogP contribution in [0.25, 0.3) is 11.5 Å². The average Bonchev–Trinajstić information content (AvgIpc) is 3.35. The third-order valence-corrected chi connectivity index (χ3v) is 4.85. The van der Waals surface area contributed by atoms with Crippen LogP contribution in [0.4, 0.5) is 11.5 Å². The highest BCUT2D eigenvalue weighted by atomic mass is 16.1. The van der Waals surface area contributed by atoms with Gasteiger partial charge in [0.1, 0.15) is 22.9 Å². The van der Waals surface area contributed by atoms with Crippen molar-refractivity contribution in [3.63, 3.8) is 0 Å². The predicted octanol–water partition coefficient (Wildman–Crippen LogP) is 1.37. The van der Waals surface area contributed by atoms with Crippen molar-refractivity contribution in [1.82, 2.24) is 35.1 Å². The van der Waals surface area contributed by atoms with Crippen LogP contribution in [0.3, 0.4) is 0 Å². The van der Waals surface area contributed by atoms with Gasteiger partial charge in [0, 0.05) is 25.5 Å². The van der Waals surface area contributed by atoms with Gasteiger partial charge in [-0.05, 0) is 32.9 Å². The Balaban J connectivity index is 1.76. The summed E-state index contributed by atoms with van der Waals surface area (Å²) in [5.41, 5.74) is 3.11.